The van der Waals surface area contributed by atoms with Gasteiger partial charge < -0.3 is 10.1 Å². The Bertz CT molecular complexity index is 504. The van der Waals surface area contributed by atoms with Crippen molar-refractivity contribution in [1.82, 2.24) is 5.32 Å². The molecule has 4 heteroatoms. The summed E-state index contributed by atoms with van der Waals surface area (Å²) in [5, 5.41) is 2.76. The van der Waals surface area contributed by atoms with Gasteiger partial charge in [0, 0.05) is 26.0 Å². The number of benzene rings is 1. The van der Waals surface area contributed by atoms with Gasteiger partial charge in [-0.2, -0.15) is 0 Å². The molecule has 1 aromatic rings. The van der Waals surface area contributed by atoms with Crippen LogP contribution in [0.25, 0.3) is 0 Å². The second-order valence-electron chi connectivity index (χ2n) is 5.35. The first-order chi connectivity index (χ1) is 9.56. The molecule has 0 heterocycles. The van der Waals surface area contributed by atoms with Crippen LogP contribution >= 0.6 is 0 Å². The first-order valence-corrected chi connectivity index (χ1v) is 7.12. The van der Waals surface area contributed by atoms with Gasteiger partial charge >= 0.3 is 5.97 Å². The summed E-state index contributed by atoms with van der Waals surface area (Å²) in [6, 6.07) is 5.93. The molecule has 0 atom stereocenters. The molecule has 1 aliphatic rings. The van der Waals surface area contributed by atoms with E-state index in [-0.39, 0.29) is 11.9 Å². The third-order valence-corrected chi connectivity index (χ3v) is 3.69. The average Bonchev–Trinajstić information content (AvgIpc) is 2.90. The number of hydrogen-bond donors (Lipinski definition) is 1. The zero-order valence-corrected chi connectivity index (χ0v) is 12.1. The summed E-state index contributed by atoms with van der Waals surface area (Å²) >= 11 is 0. The predicted octanol–water partition coefficient (Wildman–Crippen LogP) is 2.91. The van der Waals surface area contributed by atoms with Crippen LogP contribution in [0.15, 0.2) is 18.2 Å². The van der Waals surface area contributed by atoms with Gasteiger partial charge in [-0.15, -0.1) is 0 Å². The van der Waals surface area contributed by atoms with E-state index in [1.54, 1.807) is 0 Å². The monoisotopic (exact) mass is 275 g/mol. The fourth-order valence-electron chi connectivity index (χ4n) is 2.72. The van der Waals surface area contributed by atoms with Crippen LogP contribution in [-0.2, 0) is 16.1 Å². The average molecular weight is 275 g/mol. The Morgan fingerprint density at radius 3 is 2.55 bits per heavy atom. The predicted molar refractivity (Wildman–Crippen MR) is 76.5 cm³/mol. The summed E-state index contributed by atoms with van der Waals surface area (Å²) in [5.41, 5.74) is 2.14. The SMILES string of the molecule is CC(=O)NCc1cc(C2CCCC2)ccc1OC(C)=O. The van der Waals surface area contributed by atoms with Gasteiger partial charge in [-0.3, -0.25) is 9.59 Å². The minimum Gasteiger partial charge on any atom is -0.426 e. The second kappa shape index (κ2) is 6.55. The lowest BCUT2D eigenvalue weighted by Gasteiger charge is -2.15. The van der Waals surface area contributed by atoms with E-state index in [0.29, 0.717) is 18.2 Å². The van der Waals surface area contributed by atoms with E-state index in [4.69, 9.17) is 4.74 Å². The highest BCUT2D eigenvalue weighted by Crippen LogP contribution is 2.35. The summed E-state index contributed by atoms with van der Waals surface area (Å²) in [7, 11) is 0. The molecule has 2 rings (SSSR count). The Kier molecular flexibility index (Phi) is 4.77. The number of nitrogens with one attached hydrogen (secondary N) is 1. The van der Waals surface area contributed by atoms with Crippen LogP contribution in [0.5, 0.6) is 5.75 Å². The largest absolute Gasteiger partial charge is 0.426 e. The Hall–Kier alpha value is -1.84. The summed E-state index contributed by atoms with van der Waals surface area (Å²) in [5.74, 6) is 0.693. The summed E-state index contributed by atoms with van der Waals surface area (Å²) in [4.78, 5) is 22.2. The fourth-order valence-corrected chi connectivity index (χ4v) is 2.72. The number of rotatable bonds is 4. The molecule has 0 spiro atoms. The van der Waals surface area contributed by atoms with Gasteiger partial charge in [-0.05, 0) is 30.4 Å². The lowest BCUT2D eigenvalue weighted by molar-refractivity contribution is -0.131. The third-order valence-electron chi connectivity index (χ3n) is 3.69. The number of carbonyl (C=O) groups is 2. The van der Waals surface area contributed by atoms with Gasteiger partial charge in [0.2, 0.25) is 5.91 Å². The van der Waals surface area contributed by atoms with E-state index in [1.165, 1.54) is 45.1 Å². The van der Waals surface area contributed by atoms with Crippen LogP contribution < -0.4 is 10.1 Å². The van der Waals surface area contributed by atoms with Crippen molar-refractivity contribution in [2.24, 2.45) is 0 Å². The molecule has 0 radical (unpaired) electrons. The minimum atomic E-state index is -0.345. The van der Waals surface area contributed by atoms with E-state index in [1.807, 2.05) is 12.1 Å². The molecule has 108 valence electrons. The van der Waals surface area contributed by atoms with Crippen LogP contribution in [0, 0.1) is 0 Å². The van der Waals surface area contributed by atoms with Crippen molar-refractivity contribution in [2.75, 3.05) is 0 Å². The lowest BCUT2D eigenvalue weighted by atomic mass is 9.95. The lowest BCUT2D eigenvalue weighted by Crippen LogP contribution is -2.20. The number of carbonyl (C=O) groups excluding carboxylic acids is 2. The normalized spacial score (nSPS) is 15.1. The van der Waals surface area contributed by atoms with Crippen molar-refractivity contribution in [2.45, 2.75) is 52.0 Å². The molecule has 0 unspecified atom stereocenters. The third kappa shape index (κ3) is 3.83. The highest BCUT2D eigenvalue weighted by molar-refractivity contribution is 5.73. The number of amides is 1. The quantitative estimate of drug-likeness (QED) is 0.679. The van der Waals surface area contributed by atoms with E-state index in [0.717, 1.165) is 5.56 Å². The molecule has 1 aromatic carbocycles. The maximum absolute atomic E-state index is 11.1. The van der Waals surface area contributed by atoms with Gasteiger partial charge in [0.15, 0.2) is 0 Å². The van der Waals surface area contributed by atoms with Crippen LogP contribution in [0.2, 0.25) is 0 Å². The second-order valence-corrected chi connectivity index (χ2v) is 5.35. The highest BCUT2D eigenvalue weighted by atomic mass is 16.5. The smallest absolute Gasteiger partial charge is 0.308 e. The first-order valence-electron chi connectivity index (χ1n) is 7.12. The van der Waals surface area contributed by atoms with Crippen LogP contribution in [0.4, 0.5) is 0 Å². The van der Waals surface area contributed by atoms with Crippen LogP contribution in [0.3, 0.4) is 0 Å². The van der Waals surface area contributed by atoms with Gasteiger partial charge in [-0.25, -0.2) is 0 Å². The molecule has 1 N–H and O–H groups in total. The highest BCUT2D eigenvalue weighted by Gasteiger charge is 2.18. The number of ether oxygens (including phenoxy) is 1. The molecule has 1 saturated carbocycles. The maximum Gasteiger partial charge on any atom is 0.308 e. The van der Waals surface area contributed by atoms with Gasteiger partial charge in [0.25, 0.3) is 0 Å². The molecule has 20 heavy (non-hydrogen) atoms. The van der Waals surface area contributed by atoms with Crippen LogP contribution in [0.1, 0.15) is 56.6 Å². The Balaban J connectivity index is 2.22. The molecule has 0 aliphatic heterocycles. The molecular weight excluding hydrogens is 254 g/mol. The molecular formula is C16H21NO3. The van der Waals surface area contributed by atoms with E-state index >= 15 is 0 Å². The molecule has 1 amide bonds. The number of esters is 1. The maximum atomic E-state index is 11.1. The van der Waals surface area contributed by atoms with Gasteiger partial charge in [-0.1, -0.05) is 25.0 Å². The Morgan fingerprint density at radius 2 is 1.95 bits per heavy atom. The van der Waals surface area contributed by atoms with E-state index in [2.05, 4.69) is 11.4 Å². The van der Waals surface area contributed by atoms with E-state index in [9.17, 15) is 9.59 Å². The van der Waals surface area contributed by atoms with Crippen LogP contribution in [-0.4, -0.2) is 11.9 Å². The Morgan fingerprint density at radius 1 is 1.25 bits per heavy atom. The van der Waals surface area contributed by atoms with Gasteiger partial charge in [0.05, 0.1) is 0 Å². The first kappa shape index (κ1) is 14.6. The van der Waals surface area contributed by atoms with Crippen molar-refractivity contribution in [1.29, 1.82) is 0 Å². The fraction of sp³-hybridized carbons (Fsp3) is 0.500. The summed E-state index contributed by atoms with van der Waals surface area (Å²) < 4.78 is 5.21. The van der Waals surface area contributed by atoms with E-state index < -0.39 is 0 Å². The van der Waals surface area contributed by atoms with Crippen molar-refractivity contribution in [3.8, 4) is 5.75 Å². The molecule has 0 saturated heterocycles. The zero-order valence-electron chi connectivity index (χ0n) is 12.1. The molecule has 1 fully saturated rings. The van der Waals surface area contributed by atoms with Gasteiger partial charge in [0.1, 0.15) is 5.75 Å². The van der Waals surface area contributed by atoms with Crippen molar-refractivity contribution in [3.63, 3.8) is 0 Å². The molecule has 4 nitrogen and oxygen atoms in total. The van der Waals surface area contributed by atoms with Crippen molar-refractivity contribution in [3.05, 3.63) is 29.3 Å². The number of hydrogen-bond acceptors (Lipinski definition) is 3. The summed E-state index contributed by atoms with van der Waals surface area (Å²) in [6.07, 6.45) is 4.98. The van der Waals surface area contributed by atoms with Crippen molar-refractivity contribution >= 4 is 11.9 Å². The molecule has 1 aliphatic carbocycles. The topological polar surface area (TPSA) is 55.4 Å². The zero-order chi connectivity index (χ0) is 14.5. The minimum absolute atomic E-state index is 0.0926. The van der Waals surface area contributed by atoms with Crippen molar-refractivity contribution < 1.29 is 14.3 Å². The summed E-state index contributed by atoms with van der Waals surface area (Å²) in [6.45, 7) is 3.25. The standard InChI is InChI=1S/C16H21NO3/c1-11(18)17-10-15-9-14(13-5-3-4-6-13)7-8-16(15)20-12(2)19/h7-9,13H,3-6,10H2,1-2H3,(H,17,18). The molecule has 0 aromatic heterocycles. The Labute approximate surface area is 119 Å². The molecule has 0 bridgehead atoms.